The highest BCUT2D eigenvalue weighted by atomic mass is 35.5. The Morgan fingerprint density at radius 2 is 1.77 bits per heavy atom. The van der Waals surface area contributed by atoms with Crippen LogP contribution in [0.3, 0.4) is 0 Å². The van der Waals surface area contributed by atoms with Crippen LogP contribution >= 0.6 is 12.4 Å². The number of halogens is 2. The molecule has 3 aromatic rings. The Labute approximate surface area is 159 Å². The van der Waals surface area contributed by atoms with Gasteiger partial charge in [0.05, 0.1) is 5.69 Å². The fraction of sp³-hybridized carbons (Fsp3) is 0.300. The van der Waals surface area contributed by atoms with Crippen molar-refractivity contribution < 1.29 is 4.39 Å². The minimum absolute atomic E-state index is 0. The molecule has 0 saturated carbocycles. The highest BCUT2D eigenvalue weighted by Crippen LogP contribution is 2.29. The van der Waals surface area contributed by atoms with Gasteiger partial charge in [-0.3, -0.25) is 0 Å². The molecular formula is C20H24ClFN4. The molecule has 1 atom stereocenters. The lowest BCUT2D eigenvalue weighted by atomic mass is 10.0. The van der Waals surface area contributed by atoms with Crippen LogP contribution in [0.25, 0.3) is 22.0 Å². The van der Waals surface area contributed by atoms with Crippen molar-refractivity contribution >= 4 is 29.0 Å². The fourth-order valence-corrected chi connectivity index (χ4v) is 2.97. The Bertz CT molecular complexity index is 869. The normalized spacial score (nSPS) is 12.0. The van der Waals surface area contributed by atoms with Crippen molar-refractivity contribution in [2.24, 2.45) is 5.92 Å². The number of nitrogens with one attached hydrogen (secondary N) is 2. The van der Waals surface area contributed by atoms with E-state index in [0.717, 1.165) is 29.0 Å². The molecule has 2 N–H and O–H groups in total. The maximum absolute atomic E-state index is 14.0. The number of aromatic nitrogens is 2. The van der Waals surface area contributed by atoms with E-state index in [-0.39, 0.29) is 18.2 Å². The third-order valence-corrected chi connectivity index (χ3v) is 4.49. The lowest BCUT2D eigenvalue weighted by molar-refractivity contribution is 0.443. The van der Waals surface area contributed by atoms with Gasteiger partial charge >= 0.3 is 0 Å². The molecule has 0 aliphatic rings. The van der Waals surface area contributed by atoms with Crippen LogP contribution < -0.4 is 10.6 Å². The van der Waals surface area contributed by atoms with E-state index in [9.17, 15) is 4.39 Å². The number of likely N-dealkylation sites (N-methyl/N-ethyl adjacent to an activating group) is 1. The summed E-state index contributed by atoms with van der Waals surface area (Å²) in [4.78, 5) is 8.69. The van der Waals surface area contributed by atoms with Crippen LogP contribution in [-0.2, 0) is 0 Å². The molecule has 2 aromatic carbocycles. The lowest BCUT2D eigenvalue weighted by Crippen LogP contribution is -2.37. The van der Waals surface area contributed by atoms with Gasteiger partial charge in [-0.05, 0) is 30.5 Å². The SMILES string of the molecule is CNC(CNc1cc(-c2ccc(F)c3ccccc23)ncn1)C(C)C.Cl. The first kappa shape index (κ1) is 20.1. The largest absolute Gasteiger partial charge is 0.368 e. The summed E-state index contributed by atoms with van der Waals surface area (Å²) >= 11 is 0. The fourth-order valence-electron chi connectivity index (χ4n) is 2.97. The summed E-state index contributed by atoms with van der Waals surface area (Å²) in [5.41, 5.74) is 1.68. The summed E-state index contributed by atoms with van der Waals surface area (Å²) in [6.07, 6.45) is 1.54. The molecule has 0 radical (unpaired) electrons. The summed E-state index contributed by atoms with van der Waals surface area (Å²) in [7, 11) is 1.96. The molecule has 1 heterocycles. The Balaban J connectivity index is 0.00000243. The number of rotatable bonds is 6. The van der Waals surface area contributed by atoms with E-state index in [0.29, 0.717) is 17.3 Å². The minimum atomic E-state index is -0.222. The molecule has 0 aliphatic carbocycles. The molecule has 0 bridgehead atoms. The van der Waals surface area contributed by atoms with Crippen molar-refractivity contribution in [1.29, 1.82) is 0 Å². The van der Waals surface area contributed by atoms with Crippen molar-refractivity contribution in [1.82, 2.24) is 15.3 Å². The van der Waals surface area contributed by atoms with Gasteiger partial charge in [-0.2, -0.15) is 0 Å². The maximum Gasteiger partial charge on any atom is 0.131 e. The van der Waals surface area contributed by atoms with Crippen LogP contribution in [0.15, 0.2) is 48.8 Å². The van der Waals surface area contributed by atoms with Crippen LogP contribution in [0.4, 0.5) is 10.2 Å². The highest BCUT2D eigenvalue weighted by molar-refractivity contribution is 5.96. The van der Waals surface area contributed by atoms with Crippen LogP contribution in [0.5, 0.6) is 0 Å². The van der Waals surface area contributed by atoms with Gasteiger partial charge in [-0.1, -0.05) is 38.1 Å². The van der Waals surface area contributed by atoms with Gasteiger partial charge in [-0.25, -0.2) is 14.4 Å². The molecule has 26 heavy (non-hydrogen) atoms. The molecular weight excluding hydrogens is 351 g/mol. The Morgan fingerprint density at radius 1 is 1.04 bits per heavy atom. The van der Waals surface area contributed by atoms with Crippen molar-refractivity contribution in [3.8, 4) is 11.3 Å². The smallest absolute Gasteiger partial charge is 0.131 e. The Kier molecular flexibility index (Phi) is 6.89. The second-order valence-electron chi connectivity index (χ2n) is 6.45. The van der Waals surface area contributed by atoms with Crippen molar-refractivity contribution in [2.75, 3.05) is 18.9 Å². The topological polar surface area (TPSA) is 49.8 Å². The Hall–Kier alpha value is -2.24. The zero-order valence-corrected chi connectivity index (χ0v) is 16.0. The van der Waals surface area contributed by atoms with Gasteiger partial charge < -0.3 is 10.6 Å². The predicted molar refractivity (Wildman–Crippen MR) is 108 cm³/mol. The van der Waals surface area contributed by atoms with Crippen LogP contribution in [-0.4, -0.2) is 29.6 Å². The first-order valence-electron chi connectivity index (χ1n) is 8.51. The maximum atomic E-state index is 14.0. The first-order chi connectivity index (χ1) is 12.1. The summed E-state index contributed by atoms with van der Waals surface area (Å²) in [5.74, 6) is 1.06. The van der Waals surface area contributed by atoms with E-state index >= 15 is 0 Å². The average Bonchev–Trinajstić information content (AvgIpc) is 2.63. The number of nitrogens with zero attached hydrogens (tertiary/aromatic N) is 2. The molecule has 0 fully saturated rings. The molecule has 138 valence electrons. The molecule has 0 aliphatic heterocycles. The van der Waals surface area contributed by atoms with E-state index in [4.69, 9.17) is 0 Å². The molecule has 6 heteroatoms. The van der Waals surface area contributed by atoms with Gasteiger partial charge in [0.25, 0.3) is 0 Å². The number of benzene rings is 2. The molecule has 0 saturated heterocycles. The standard InChI is InChI=1S/C20H23FN4.ClH/c1-13(2)19(22-3)11-23-20-10-18(24-12-25-20)16-8-9-17(21)15-7-5-4-6-14(15)16;/h4-10,12-13,19,22H,11H2,1-3H3,(H,23,24,25);1H. The van der Waals surface area contributed by atoms with Crippen LogP contribution in [0.2, 0.25) is 0 Å². The third kappa shape index (κ3) is 4.29. The predicted octanol–water partition coefficient (Wildman–Crippen LogP) is 4.51. The molecule has 4 nitrogen and oxygen atoms in total. The van der Waals surface area contributed by atoms with Gasteiger partial charge in [0.15, 0.2) is 0 Å². The number of anilines is 1. The number of hydrogen-bond donors (Lipinski definition) is 2. The van der Waals surface area contributed by atoms with Crippen molar-refractivity contribution in [3.63, 3.8) is 0 Å². The van der Waals surface area contributed by atoms with E-state index in [1.54, 1.807) is 18.5 Å². The monoisotopic (exact) mass is 374 g/mol. The summed E-state index contributed by atoms with van der Waals surface area (Å²) in [6.45, 7) is 5.13. The number of hydrogen-bond acceptors (Lipinski definition) is 4. The highest BCUT2D eigenvalue weighted by Gasteiger charge is 2.12. The average molecular weight is 375 g/mol. The molecule has 1 unspecified atom stereocenters. The Morgan fingerprint density at radius 3 is 2.46 bits per heavy atom. The zero-order chi connectivity index (χ0) is 17.8. The van der Waals surface area contributed by atoms with Gasteiger partial charge in [0.1, 0.15) is 18.0 Å². The quantitative estimate of drug-likeness (QED) is 0.666. The molecule has 0 spiro atoms. The molecule has 1 aromatic heterocycles. The summed E-state index contributed by atoms with van der Waals surface area (Å²) < 4.78 is 14.0. The van der Waals surface area contributed by atoms with E-state index in [1.807, 2.05) is 31.3 Å². The number of fused-ring (bicyclic) bond motifs is 1. The van der Waals surface area contributed by atoms with Crippen molar-refractivity contribution in [3.05, 3.63) is 54.6 Å². The summed E-state index contributed by atoms with van der Waals surface area (Å²) in [5, 5.41) is 8.11. The first-order valence-corrected chi connectivity index (χ1v) is 8.51. The molecule has 3 rings (SSSR count). The lowest BCUT2D eigenvalue weighted by Gasteiger charge is -2.20. The summed E-state index contributed by atoms with van der Waals surface area (Å²) in [6, 6.07) is 13.0. The van der Waals surface area contributed by atoms with Crippen LogP contribution in [0, 0.1) is 11.7 Å². The van der Waals surface area contributed by atoms with E-state index in [2.05, 4.69) is 34.4 Å². The molecule has 0 amide bonds. The van der Waals surface area contributed by atoms with Crippen LogP contribution in [0.1, 0.15) is 13.8 Å². The van der Waals surface area contributed by atoms with Gasteiger partial charge in [0.2, 0.25) is 0 Å². The second kappa shape index (κ2) is 8.92. The van der Waals surface area contributed by atoms with Gasteiger partial charge in [0, 0.05) is 29.6 Å². The minimum Gasteiger partial charge on any atom is -0.368 e. The van der Waals surface area contributed by atoms with E-state index in [1.165, 1.54) is 6.07 Å². The van der Waals surface area contributed by atoms with Crippen molar-refractivity contribution in [2.45, 2.75) is 19.9 Å². The van der Waals surface area contributed by atoms with Gasteiger partial charge in [-0.15, -0.1) is 12.4 Å². The van der Waals surface area contributed by atoms with E-state index < -0.39 is 0 Å². The third-order valence-electron chi connectivity index (χ3n) is 4.49. The second-order valence-corrected chi connectivity index (χ2v) is 6.45. The zero-order valence-electron chi connectivity index (χ0n) is 15.2.